The van der Waals surface area contributed by atoms with E-state index in [1.54, 1.807) is 7.11 Å². The summed E-state index contributed by atoms with van der Waals surface area (Å²) in [6.07, 6.45) is 1.02. The van der Waals surface area contributed by atoms with Crippen LogP contribution in [0.5, 0.6) is 0 Å². The van der Waals surface area contributed by atoms with Gasteiger partial charge in [-0.15, -0.1) is 11.6 Å². The maximum atomic E-state index is 5.74. The molecule has 0 aromatic heterocycles. The third-order valence-electron chi connectivity index (χ3n) is 2.58. The second kappa shape index (κ2) is 10.3. The predicted molar refractivity (Wildman–Crippen MR) is 75.0 cm³/mol. The van der Waals surface area contributed by atoms with Crippen molar-refractivity contribution in [3.05, 3.63) is 35.4 Å². The maximum Gasteiger partial charge on any atom is 0.0700 e. The Kier molecular flexibility index (Phi) is 8.86. The Labute approximate surface area is 114 Å². The van der Waals surface area contributed by atoms with Gasteiger partial charge in [0.15, 0.2) is 0 Å². The second-order valence-electron chi connectivity index (χ2n) is 4.09. The lowest BCUT2D eigenvalue weighted by Crippen LogP contribution is -2.16. The summed E-state index contributed by atoms with van der Waals surface area (Å²) in [6, 6.07) is 8.36. The molecular formula is C14H22ClNO2. The summed E-state index contributed by atoms with van der Waals surface area (Å²) in [5, 5.41) is 3.39. The van der Waals surface area contributed by atoms with Crippen molar-refractivity contribution in [3.63, 3.8) is 0 Å². The Hall–Kier alpha value is -0.610. The number of methoxy groups -OCH3 is 1. The minimum atomic E-state index is 0.576. The highest BCUT2D eigenvalue weighted by Crippen LogP contribution is 2.06. The van der Waals surface area contributed by atoms with Crippen molar-refractivity contribution in [1.29, 1.82) is 0 Å². The Morgan fingerprint density at radius 2 is 1.78 bits per heavy atom. The standard InChI is InChI=1S/C14H22ClNO2/c1-17-9-10-18-8-2-7-16-12-14-5-3-13(11-15)4-6-14/h3-6,16H,2,7-12H2,1H3. The molecule has 18 heavy (non-hydrogen) atoms. The highest BCUT2D eigenvalue weighted by molar-refractivity contribution is 6.17. The molecule has 1 rings (SSSR count). The third kappa shape index (κ3) is 6.97. The van der Waals surface area contributed by atoms with Crippen LogP contribution in [0.1, 0.15) is 17.5 Å². The summed E-state index contributed by atoms with van der Waals surface area (Å²) < 4.78 is 10.3. The average Bonchev–Trinajstić information content (AvgIpc) is 2.42. The summed E-state index contributed by atoms with van der Waals surface area (Å²) >= 11 is 5.74. The van der Waals surface area contributed by atoms with Crippen molar-refractivity contribution in [2.45, 2.75) is 18.8 Å². The molecule has 0 atom stereocenters. The molecular weight excluding hydrogens is 250 g/mol. The largest absolute Gasteiger partial charge is 0.382 e. The highest BCUT2D eigenvalue weighted by atomic mass is 35.5. The van der Waals surface area contributed by atoms with Crippen LogP contribution >= 0.6 is 11.6 Å². The molecule has 1 N–H and O–H groups in total. The van der Waals surface area contributed by atoms with Gasteiger partial charge in [-0.3, -0.25) is 0 Å². The number of ether oxygens (including phenoxy) is 2. The van der Waals surface area contributed by atoms with Gasteiger partial charge < -0.3 is 14.8 Å². The van der Waals surface area contributed by atoms with Crippen LogP contribution in [0.15, 0.2) is 24.3 Å². The molecule has 0 aliphatic carbocycles. The molecule has 4 heteroatoms. The van der Waals surface area contributed by atoms with E-state index in [1.807, 2.05) is 0 Å². The number of hydrogen-bond donors (Lipinski definition) is 1. The molecule has 0 spiro atoms. The molecule has 0 aliphatic rings. The van der Waals surface area contributed by atoms with Gasteiger partial charge in [0, 0.05) is 26.1 Å². The minimum Gasteiger partial charge on any atom is -0.382 e. The molecule has 0 bridgehead atoms. The van der Waals surface area contributed by atoms with Crippen molar-refractivity contribution in [3.8, 4) is 0 Å². The van der Waals surface area contributed by atoms with Gasteiger partial charge in [-0.1, -0.05) is 24.3 Å². The molecule has 0 unspecified atom stereocenters. The van der Waals surface area contributed by atoms with Crippen LogP contribution in [-0.4, -0.2) is 33.5 Å². The molecule has 0 fully saturated rings. The fourth-order valence-electron chi connectivity index (χ4n) is 1.52. The summed E-state index contributed by atoms with van der Waals surface area (Å²) in [5.74, 6) is 0.576. The lowest BCUT2D eigenvalue weighted by molar-refractivity contribution is 0.0695. The van der Waals surface area contributed by atoms with E-state index in [-0.39, 0.29) is 0 Å². The zero-order valence-electron chi connectivity index (χ0n) is 11.0. The maximum absolute atomic E-state index is 5.74. The van der Waals surface area contributed by atoms with Crippen molar-refractivity contribution in [2.75, 3.05) is 33.5 Å². The number of hydrogen-bond acceptors (Lipinski definition) is 3. The Morgan fingerprint density at radius 3 is 2.44 bits per heavy atom. The number of halogens is 1. The first-order valence-electron chi connectivity index (χ1n) is 6.28. The summed E-state index contributed by atoms with van der Waals surface area (Å²) in [4.78, 5) is 0. The van der Waals surface area contributed by atoms with Gasteiger partial charge in [0.1, 0.15) is 0 Å². The van der Waals surface area contributed by atoms with E-state index >= 15 is 0 Å². The van der Waals surface area contributed by atoms with Crippen LogP contribution < -0.4 is 5.32 Å². The lowest BCUT2D eigenvalue weighted by Gasteiger charge is -2.06. The van der Waals surface area contributed by atoms with Crippen molar-refractivity contribution in [2.24, 2.45) is 0 Å². The molecule has 0 radical (unpaired) electrons. The zero-order valence-corrected chi connectivity index (χ0v) is 11.7. The SMILES string of the molecule is COCCOCCCNCc1ccc(CCl)cc1. The number of nitrogens with one attached hydrogen (secondary N) is 1. The van der Waals surface area contributed by atoms with E-state index in [0.717, 1.165) is 31.7 Å². The number of benzene rings is 1. The lowest BCUT2D eigenvalue weighted by atomic mass is 10.1. The molecule has 1 aromatic rings. The Balaban J connectivity index is 2.00. The van der Waals surface area contributed by atoms with Gasteiger partial charge in [0.25, 0.3) is 0 Å². The van der Waals surface area contributed by atoms with Gasteiger partial charge in [0.2, 0.25) is 0 Å². The van der Waals surface area contributed by atoms with Crippen LogP contribution in [0.3, 0.4) is 0 Å². The van der Waals surface area contributed by atoms with Crippen LogP contribution in [0.2, 0.25) is 0 Å². The van der Waals surface area contributed by atoms with E-state index in [1.165, 1.54) is 5.56 Å². The quantitative estimate of drug-likeness (QED) is 0.524. The van der Waals surface area contributed by atoms with E-state index in [9.17, 15) is 0 Å². The van der Waals surface area contributed by atoms with Crippen LogP contribution in [-0.2, 0) is 21.9 Å². The first-order chi connectivity index (χ1) is 8.86. The number of alkyl halides is 1. The highest BCUT2D eigenvalue weighted by Gasteiger charge is 1.94. The predicted octanol–water partition coefficient (Wildman–Crippen LogP) is 2.57. The van der Waals surface area contributed by atoms with Gasteiger partial charge in [-0.2, -0.15) is 0 Å². The summed E-state index contributed by atoms with van der Waals surface area (Å²) in [7, 11) is 1.68. The molecule has 0 amide bonds. The Morgan fingerprint density at radius 1 is 1.06 bits per heavy atom. The first-order valence-corrected chi connectivity index (χ1v) is 6.81. The molecule has 0 aliphatic heterocycles. The van der Waals surface area contributed by atoms with Gasteiger partial charge >= 0.3 is 0 Å². The summed E-state index contributed by atoms with van der Waals surface area (Å²) in [6.45, 7) is 3.98. The fraction of sp³-hybridized carbons (Fsp3) is 0.571. The molecule has 102 valence electrons. The van der Waals surface area contributed by atoms with E-state index in [4.69, 9.17) is 21.1 Å². The van der Waals surface area contributed by atoms with E-state index in [2.05, 4.69) is 29.6 Å². The van der Waals surface area contributed by atoms with E-state index in [0.29, 0.717) is 19.1 Å². The van der Waals surface area contributed by atoms with Crippen LogP contribution in [0, 0.1) is 0 Å². The smallest absolute Gasteiger partial charge is 0.0700 e. The van der Waals surface area contributed by atoms with Crippen molar-refractivity contribution < 1.29 is 9.47 Å². The zero-order chi connectivity index (χ0) is 13.1. The van der Waals surface area contributed by atoms with Gasteiger partial charge in [-0.25, -0.2) is 0 Å². The molecule has 3 nitrogen and oxygen atoms in total. The normalized spacial score (nSPS) is 10.8. The van der Waals surface area contributed by atoms with Crippen LogP contribution in [0.25, 0.3) is 0 Å². The molecule has 0 saturated carbocycles. The van der Waals surface area contributed by atoms with Crippen molar-refractivity contribution >= 4 is 11.6 Å². The fourth-order valence-corrected chi connectivity index (χ4v) is 1.70. The number of rotatable bonds is 10. The third-order valence-corrected chi connectivity index (χ3v) is 2.89. The topological polar surface area (TPSA) is 30.5 Å². The molecule has 1 aromatic carbocycles. The molecule has 0 saturated heterocycles. The van der Waals surface area contributed by atoms with Gasteiger partial charge in [0.05, 0.1) is 13.2 Å². The second-order valence-corrected chi connectivity index (χ2v) is 4.35. The van der Waals surface area contributed by atoms with Crippen LogP contribution in [0.4, 0.5) is 0 Å². The Bertz CT molecular complexity index is 303. The average molecular weight is 272 g/mol. The van der Waals surface area contributed by atoms with E-state index < -0.39 is 0 Å². The van der Waals surface area contributed by atoms with Crippen molar-refractivity contribution in [1.82, 2.24) is 5.32 Å². The molecule has 0 heterocycles. The first kappa shape index (κ1) is 15.4. The van der Waals surface area contributed by atoms with Gasteiger partial charge in [-0.05, 0) is 24.1 Å². The minimum absolute atomic E-state index is 0.576. The summed E-state index contributed by atoms with van der Waals surface area (Å²) in [5.41, 5.74) is 2.44. The monoisotopic (exact) mass is 271 g/mol.